The molecule has 1 aliphatic rings. The number of aliphatic carboxylic acids is 1. The number of hydrogen-bond acceptors (Lipinski definition) is 1. The molecule has 12 heavy (non-hydrogen) atoms. The third kappa shape index (κ3) is 2.50. The van der Waals surface area contributed by atoms with Crippen LogP contribution in [-0.4, -0.2) is 11.1 Å². The van der Waals surface area contributed by atoms with Crippen LogP contribution in [0, 0.1) is 11.8 Å². The Kier molecular flexibility index (Phi) is 3.57. The van der Waals surface area contributed by atoms with E-state index in [4.69, 9.17) is 5.11 Å². The van der Waals surface area contributed by atoms with Gasteiger partial charge in [-0.1, -0.05) is 26.2 Å². The second kappa shape index (κ2) is 4.48. The van der Waals surface area contributed by atoms with Gasteiger partial charge in [0.1, 0.15) is 0 Å². The van der Waals surface area contributed by atoms with Gasteiger partial charge in [-0.05, 0) is 24.7 Å². The molecule has 1 rings (SSSR count). The monoisotopic (exact) mass is 170 g/mol. The summed E-state index contributed by atoms with van der Waals surface area (Å²) in [5.41, 5.74) is 0. The predicted molar refractivity (Wildman–Crippen MR) is 48.0 cm³/mol. The minimum absolute atomic E-state index is 0.397. The Morgan fingerprint density at radius 3 is 2.50 bits per heavy atom. The molecular weight excluding hydrogens is 152 g/mol. The van der Waals surface area contributed by atoms with E-state index in [9.17, 15) is 4.79 Å². The standard InChI is InChI=1S/C10H18O2/c1-2-3-4-8-5-6-9(8)7-10(11)12/h8-9H,2-7H2,1H3,(H,11,12). The molecule has 0 aliphatic heterocycles. The second-order valence-corrected chi connectivity index (χ2v) is 3.84. The van der Waals surface area contributed by atoms with Crippen LogP contribution in [-0.2, 0) is 4.79 Å². The zero-order chi connectivity index (χ0) is 8.97. The Hall–Kier alpha value is -0.530. The van der Waals surface area contributed by atoms with Crippen molar-refractivity contribution in [2.75, 3.05) is 0 Å². The summed E-state index contributed by atoms with van der Waals surface area (Å²) in [6.45, 7) is 2.19. The van der Waals surface area contributed by atoms with Gasteiger partial charge in [-0.15, -0.1) is 0 Å². The third-order valence-electron chi connectivity index (χ3n) is 2.94. The largest absolute Gasteiger partial charge is 0.481 e. The van der Waals surface area contributed by atoms with Gasteiger partial charge in [-0.3, -0.25) is 4.79 Å². The van der Waals surface area contributed by atoms with Gasteiger partial charge in [0.25, 0.3) is 0 Å². The fourth-order valence-electron chi connectivity index (χ4n) is 1.98. The van der Waals surface area contributed by atoms with E-state index in [-0.39, 0.29) is 0 Å². The summed E-state index contributed by atoms with van der Waals surface area (Å²) in [4.78, 5) is 10.4. The number of rotatable bonds is 5. The Labute approximate surface area is 74.0 Å². The number of hydrogen-bond donors (Lipinski definition) is 1. The van der Waals surface area contributed by atoms with E-state index >= 15 is 0 Å². The number of unbranched alkanes of at least 4 members (excludes halogenated alkanes) is 1. The maximum Gasteiger partial charge on any atom is 0.303 e. The Bertz CT molecular complexity index is 154. The van der Waals surface area contributed by atoms with Gasteiger partial charge in [0.2, 0.25) is 0 Å². The Morgan fingerprint density at radius 1 is 1.42 bits per heavy atom. The maximum absolute atomic E-state index is 10.4. The van der Waals surface area contributed by atoms with E-state index < -0.39 is 5.97 Å². The fraction of sp³-hybridized carbons (Fsp3) is 0.900. The summed E-state index contributed by atoms with van der Waals surface area (Å²) in [6, 6.07) is 0. The van der Waals surface area contributed by atoms with E-state index in [1.807, 2.05) is 0 Å². The van der Waals surface area contributed by atoms with Crippen LogP contribution >= 0.6 is 0 Å². The van der Waals surface area contributed by atoms with E-state index in [0.29, 0.717) is 12.3 Å². The molecule has 2 atom stereocenters. The zero-order valence-corrected chi connectivity index (χ0v) is 7.75. The molecule has 1 fully saturated rings. The van der Waals surface area contributed by atoms with E-state index in [1.165, 1.54) is 25.7 Å². The van der Waals surface area contributed by atoms with Crippen molar-refractivity contribution in [3.8, 4) is 0 Å². The predicted octanol–water partition coefficient (Wildman–Crippen LogP) is 2.68. The van der Waals surface area contributed by atoms with Gasteiger partial charge in [-0.25, -0.2) is 0 Å². The molecule has 2 heteroatoms. The molecule has 0 aromatic carbocycles. The summed E-state index contributed by atoms with van der Waals surface area (Å²) in [7, 11) is 0. The minimum Gasteiger partial charge on any atom is -0.481 e. The average Bonchev–Trinajstić information content (AvgIpc) is 1.99. The first kappa shape index (κ1) is 9.56. The van der Waals surface area contributed by atoms with Crippen molar-refractivity contribution in [2.24, 2.45) is 11.8 Å². The van der Waals surface area contributed by atoms with E-state index in [0.717, 1.165) is 12.3 Å². The van der Waals surface area contributed by atoms with Crippen LogP contribution in [0.4, 0.5) is 0 Å². The molecular formula is C10H18O2. The Balaban J connectivity index is 2.15. The molecule has 0 spiro atoms. The third-order valence-corrected chi connectivity index (χ3v) is 2.94. The van der Waals surface area contributed by atoms with Crippen molar-refractivity contribution in [3.63, 3.8) is 0 Å². The molecule has 0 radical (unpaired) electrons. The summed E-state index contributed by atoms with van der Waals surface area (Å²) < 4.78 is 0. The molecule has 1 N–H and O–H groups in total. The zero-order valence-electron chi connectivity index (χ0n) is 7.75. The lowest BCUT2D eigenvalue weighted by molar-refractivity contribution is -0.139. The number of carbonyl (C=O) groups is 1. The van der Waals surface area contributed by atoms with Gasteiger partial charge in [0, 0.05) is 6.42 Å². The summed E-state index contributed by atoms with van der Waals surface area (Å²) in [6.07, 6.45) is 6.54. The highest BCUT2D eigenvalue weighted by atomic mass is 16.4. The highest BCUT2D eigenvalue weighted by Crippen LogP contribution is 2.39. The summed E-state index contributed by atoms with van der Waals surface area (Å²) >= 11 is 0. The SMILES string of the molecule is CCCCC1CCC1CC(=O)O. The average molecular weight is 170 g/mol. The smallest absolute Gasteiger partial charge is 0.303 e. The molecule has 0 saturated heterocycles. The van der Waals surface area contributed by atoms with E-state index in [1.54, 1.807) is 0 Å². The van der Waals surface area contributed by atoms with Crippen LogP contribution < -0.4 is 0 Å². The Morgan fingerprint density at radius 2 is 2.08 bits per heavy atom. The van der Waals surface area contributed by atoms with Crippen molar-refractivity contribution in [2.45, 2.75) is 45.4 Å². The van der Waals surface area contributed by atoms with Crippen molar-refractivity contribution in [1.29, 1.82) is 0 Å². The first-order valence-electron chi connectivity index (χ1n) is 4.95. The van der Waals surface area contributed by atoms with Crippen LogP contribution in [0.3, 0.4) is 0 Å². The van der Waals surface area contributed by atoms with Gasteiger partial charge in [0.15, 0.2) is 0 Å². The van der Waals surface area contributed by atoms with Crippen LogP contribution in [0.1, 0.15) is 45.4 Å². The van der Waals surface area contributed by atoms with Gasteiger partial charge in [0.05, 0.1) is 0 Å². The molecule has 70 valence electrons. The van der Waals surface area contributed by atoms with Crippen molar-refractivity contribution in [3.05, 3.63) is 0 Å². The highest BCUT2D eigenvalue weighted by Gasteiger charge is 2.31. The summed E-state index contributed by atoms with van der Waals surface area (Å²) in [5, 5.41) is 8.59. The second-order valence-electron chi connectivity index (χ2n) is 3.84. The van der Waals surface area contributed by atoms with Crippen LogP contribution in [0.25, 0.3) is 0 Å². The molecule has 1 aliphatic carbocycles. The van der Waals surface area contributed by atoms with Crippen molar-refractivity contribution >= 4 is 5.97 Å². The maximum atomic E-state index is 10.4. The number of carboxylic acid groups (broad SMARTS) is 1. The molecule has 0 bridgehead atoms. The van der Waals surface area contributed by atoms with Gasteiger partial charge < -0.3 is 5.11 Å². The normalized spacial score (nSPS) is 28.1. The van der Waals surface area contributed by atoms with Crippen LogP contribution in [0.2, 0.25) is 0 Å². The minimum atomic E-state index is -0.624. The van der Waals surface area contributed by atoms with E-state index in [2.05, 4.69) is 6.92 Å². The topological polar surface area (TPSA) is 37.3 Å². The fourth-order valence-corrected chi connectivity index (χ4v) is 1.98. The molecule has 0 aromatic rings. The first-order chi connectivity index (χ1) is 5.74. The van der Waals surface area contributed by atoms with Crippen LogP contribution in [0.15, 0.2) is 0 Å². The quantitative estimate of drug-likeness (QED) is 0.688. The highest BCUT2D eigenvalue weighted by molar-refractivity contribution is 5.67. The lowest BCUT2D eigenvalue weighted by Crippen LogP contribution is -2.27. The molecule has 0 aromatic heterocycles. The summed E-state index contributed by atoms with van der Waals surface area (Å²) in [5.74, 6) is 0.594. The lowest BCUT2D eigenvalue weighted by Gasteiger charge is -2.35. The molecule has 0 amide bonds. The van der Waals surface area contributed by atoms with Crippen molar-refractivity contribution in [1.82, 2.24) is 0 Å². The van der Waals surface area contributed by atoms with Gasteiger partial charge in [-0.2, -0.15) is 0 Å². The molecule has 0 heterocycles. The van der Waals surface area contributed by atoms with Gasteiger partial charge >= 0.3 is 5.97 Å². The lowest BCUT2D eigenvalue weighted by atomic mass is 9.70. The first-order valence-corrected chi connectivity index (χ1v) is 4.95. The molecule has 2 nitrogen and oxygen atoms in total. The molecule has 2 unspecified atom stereocenters. The van der Waals surface area contributed by atoms with Crippen LogP contribution in [0.5, 0.6) is 0 Å². The van der Waals surface area contributed by atoms with Crippen molar-refractivity contribution < 1.29 is 9.90 Å². The molecule has 1 saturated carbocycles. The number of carboxylic acids is 1.